The zero-order valence-corrected chi connectivity index (χ0v) is 15.8. The summed E-state index contributed by atoms with van der Waals surface area (Å²) >= 11 is 0. The molecule has 0 aliphatic carbocycles. The minimum Gasteiger partial charge on any atom is -0.380 e. The predicted octanol–water partition coefficient (Wildman–Crippen LogP) is 2.49. The van der Waals surface area contributed by atoms with E-state index in [1.165, 1.54) is 6.42 Å². The number of rotatable bonds is 4. The Hall–Kier alpha value is -1.92. The van der Waals surface area contributed by atoms with Gasteiger partial charge in [0, 0.05) is 38.5 Å². The highest BCUT2D eigenvalue weighted by Gasteiger charge is 2.28. The molecule has 2 aliphatic rings. The van der Waals surface area contributed by atoms with Gasteiger partial charge in [-0.05, 0) is 51.3 Å². The van der Waals surface area contributed by atoms with Gasteiger partial charge in [0.05, 0.1) is 12.3 Å². The minimum atomic E-state index is 0.0823. The number of hydrogen-bond donors (Lipinski definition) is 0. The topological polar surface area (TPSA) is 50.1 Å². The summed E-state index contributed by atoms with van der Waals surface area (Å²) in [6.07, 6.45) is 6.46. The Morgan fingerprint density at radius 3 is 2.88 bits per heavy atom. The van der Waals surface area contributed by atoms with Crippen LogP contribution in [0, 0.1) is 6.92 Å². The molecule has 0 unspecified atom stereocenters. The first-order valence-corrected chi connectivity index (χ1v) is 9.69. The van der Waals surface area contributed by atoms with Gasteiger partial charge in [0.25, 0.3) is 5.91 Å². The van der Waals surface area contributed by atoms with Gasteiger partial charge >= 0.3 is 0 Å². The fraction of sp³-hybridized carbons (Fsp3) is 0.600. The summed E-state index contributed by atoms with van der Waals surface area (Å²) < 4.78 is 7.63. The molecule has 4 heterocycles. The van der Waals surface area contributed by atoms with Crippen LogP contribution in [-0.2, 0) is 11.3 Å². The van der Waals surface area contributed by atoms with Crippen molar-refractivity contribution in [3.8, 4) is 0 Å². The number of fused-ring (bicyclic) bond motifs is 1. The Labute approximate surface area is 154 Å². The van der Waals surface area contributed by atoms with Crippen LogP contribution in [0.25, 0.3) is 5.65 Å². The maximum atomic E-state index is 13.2. The maximum absolute atomic E-state index is 13.2. The molecule has 2 fully saturated rings. The molecule has 1 amide bonds. The van der Waals surface area contributed by atoms with E-state index < -0.39 is 0 Å². The lowest BCUT2D eigenvalue weighted by Crippen LogP contribution is -2.37. The van der Waals surface area contributed by atoms with Crippen LogP contribution < -0.4 is 0 Å². The van der Waals surface area contributed by atoms with Gasteiger partial charge in [-0.2, -0.15) is 0 Å². The summed E-state index contributed by atoms with van der Waals surface area (Å²) in [7, 11) is 2.11. The number of pyridine rings is 1. The van der Waals surface area contributed by atoms with Crippen LogP contribution in [0.15, 0.2) is 18.3 Å². The van der Waals surface area contributed by atoms with Crippen molar-refractivity contribution < 1.29 is 9.53 Å². The van der Waals surface area contributed by atoms with E-state index in [1.54, 1.807) is 0 Å². The summed E-state index contributed by atoms with van der Waals surface area (Å²) in [5, 5.41) is 0. The summed E-state index contributed by atoms with van der Waals surface area (Å²) in [4.78, 5) is 22.3. The van der Waals surface area contributed by atoms with Gasteiger partial charge < -0.3 is 14.0 Å². The van der Waals surface area contributed by atoms with Gasteiger partial charge in [-0.3, -0.25) is 9.69 Å². The average Bonchev–Trinajstić information content (AvgIpc) is 3.31. The number of likely N-dealkylation sites (N-methyl/N-ethyl adjacent to an activating group) is 1. The third-order valence-electron chi connectivity index (χ3n) is 5.72. The number of piperidine rings is 1. The van der Waals surface area contributed by atoms with E-state index in [4.69, 9.17) is 9.72 Å². The van der Waals surface area contributed by atoms with Gasteiger partial charge in [-0.25, -0.2) is 4.98 Å². The smallest absolute Gasteiger partial charge is 0.274 e. The number of aromatic nitrogens is 2. The molecule has 0 saturated carbocycles. The zero-order chi connectivity index (χ0) is 18.1. The van der Waals surface area contributed by atoms with E-state index in [-0.39, 0.29) is 5.91 Å². The van der Waals surface area contributed by atoms with Crippen LogP contribution in [0.5, 0.6) is 0 Å². The predicted molar refractivity (Wildman–Crippen MR) is 100 cm³/mol. The molecule has 0 N–H and O–H groups in total. The molecule has 2 aromatic heterocycles. The first-order valence-electron chi connectivity index (χ1n) is 9.69. The summed E-state index contributed by atoms with van der Waals surface area (Å²) in [5.41, 5.74) is 3.60. The standard InChI is InChI=1S/C20H28N4O2/c1-15-7-6-11-24-17(13-22(2)16-8-12-26-14-16)18(21-19(15)24)20(25)23-9-4-3-5-10-23/h6-7,11,16H,3-5,8-10,12-14H2,1-2H3/t16-/m0/s1. The Kier molecular flexibility index (Phi) is 4.96. The van der Waals surface area contributed by atoms with Crippen molar-refractivity contribution in [1.82, 2.24) is 19.2 Å². The van der Waals surface area contributed by atoms with Gasteiger partial charge in [-0.15, -0.1) is 0 Å². The lowest BCUT2D eigenvalue weighted by molar-refractivity contribution is 0.0716. The van der Waals surface area contributed by atoms with Crippen LogP contribution in [0.3, 0.4) is 0 Å². The lowest BCUT2D eigenvalue weighted by Gasteiger charge is -2.27. The first-order chi connectivity index (χ1) is 12.6. The first kappa shape index (κ1) is 17.5. The highest BCUT2D eigenvalue weighted by Crippen LogP contribution is 2.22. The van der Waals surface area contributed by atoms with Crippen molar-refractivity contribution in [2.75, 3.05) is 33.4 Å². The zero-order valence-electron chi connectivity index (χ0n) is 15.8. The fourth-order valence-corrected chi connectivity index (χ4v) is 4.06. The second kappa shape index (κ2) is 7.37. The normalized spacial score (nSPS) is 21.0. The van der Waals surface area contributed by atoms with Crippen LogP contribution in [-0.4, -0.2) is 64.5 Å². The maximum Gasteiger partial charge on any atom is 0.274 e. The monoisotopic (exact) mass is 356 g/mol. The molecule has 6 nitrogen and oxygen atoms in total. The van der Waals surface area contributed by atoms with Crippen LogP contribution in [0.2, 0.25) is 0 Å². The Balaban J connectivity index is 1.70. The third kappa shape index (κ3) is 3.23. The number of hydrogen-bond acceptors (Lipinski definition) is 4. The third-order valence-corrected chi connectivity index (χ3v) is 5.72. The van der Waals surface area contributed by atoms with Crippen LogP contribution in [0.1, 0.15) is 47.4 Å². The van der Waals surface area contributed by atoms with E-state index in [0.717, 1.165) is 62.5 Å². The summed E-state index contributed by atoms with van der Waals surface area (Å²) in [6.45, 7) is 6.03. The Bertz CT molecular complexity index is 788. The molecule has 0 spiro atoms. The number of ether oxygens (including phenoxy) is 1. The number of imidazole rings is 1. The van der Waals surface area contributed by atoms with Crippen molar-refractivity contribution in [3.63, 3.8) is 0 Å². The largest absolute Gasteiger partial charge is 0.380 e. The molecule has 0 bridgehead atoms. The molecule has 0 aromatic carbocycles. The molecule has 2 aromatic rings. The lowest BCUT2D eigenvalue weighted by atomic mass is 10.1. The van der Waals surface area contributed by atoms with E-state index in [2.05, 4.69) is 29.3 Å². The summed E-state index contributed by atoms with van der Waals surface area (Å²) in [6, 6.07) is 4.49. The van der Waals surface area contributed by atoms with E-state index >= 15 is 0 Å². The van der Waals surface area contributed by atoms with Crippen molar-refractivity contribution in [2.24, 2.45) is 0 Å². The van der Waals surface area contributed by atoms with Crippen molar-refractivity contribution in [1.29, 1.82) is 0 Å². The highest BCUT2D eigenvalue weighted by atomic mass is 16.5. The van der Waals surface area contributed by atoms with Crippen molar-refractivity contribution in [3.05, 3.63) is 35.3 Å². The second-order valence-corrected chi connectivity index (χ2v) is 7.58. The summed E-state index contributed by atoms with van der Waals surface area (Å²) in [5.74, 6) is 0.0823. The minimum absolute atomic E-state index is 0.0823. The number of aryl methyl sites for hydroxylation is 1. The average molecular weight is 356 g/mol. The molecule has 4 rings (SSSR count). The molecule has 6 heteroatoms. The quantitative estimate of drug-likeness (QED) is 0.845. The molecule has 0 radical (unpaired) electrons. The van der Waals surface area contributed by atoms with Crippen molar-refractivity contribution in [2.45, 2.75) is 45.2 Å². The van der Waals surface area contributed by atoms with E-state index in [9.17, 15) is 4.79 Å². The second-order valence-electron chi connectivity index (χ2n) is 7.58. The van der Waals surface area contributed by atoms with E-state index in [1.807, 2.05) is 17.2 Å². The van der Waals surface area contributed by atoms with Crippen LogP contribution >= 0.6 is 0 Å². The molecular formula is C20H28N4O2. The number of carbonyl (C=O) groups is 1. The van der Waals surface area contributed by atoms with Crippen molar-refractivity contribution >= 4 is 11.6 Å². The molecular weight excluding hydrogens is 328 g/mol. The number of carbonyl (C=O) groups excluding carboxylic acids is 1. The molecule has 140 valence electrons. The molecule has 26 heavy (non-hydrogen) atoms. The number of nitrogens with zero attached hydrogens (tertiary/aromatic N) is 4. The Morgan fingerprint density at radius 2 is 2.15 bits per heavy atom. The molecule has 2 saturated heterocycles. The Morgan fingerprint density at radius 1 is 1.35 bits per heavy atom. The van der Waals surface area contributed by atoms with Gasteiger partial charge in [0.2, 0.25) is 0 Å². The van der Waals surface area contributed by atoms with Crippen LogP contribution in [0.4, 0.5) is 0 Å². The van der Waals surface area contributed by atoms with Gasteiger partial charge in [-0.1, -0.05) is 6.07 Å². The van der Waals surface area contributed by atoms with Gasteiger partial charge in [0.15, 0.2) is 5.69 Å². The molecule has 2 aliphatic heterocycles. The fourth-order valence-electron chi connectivity index (χ4n) is 4.06. The van der Waals surface area contributed by atoms with Gasteiger partial charge in [0.1, 0.15) is 5.65 Å². The number of amides is 1. The SMILES string of the molecule is Cc1cccn2c(CN(C)[C@H]3CCOC3)c(C(=O)N3CCCCC3)nc12. The highest BCUT2D eigenvalue weighted by molar-refractivity contribution is 5.94. The molecule has 1 atom stereocenters. The van der Waals surface area contributed by atoms with E-state index in [0.29, 0.717) is 18.3 Å². The number of likely N-dealkylation sites (tertiary alicyclic amines) is 1.